The number of hydrogen-bond donors (Lipinski definition) is 1. The van der Waals surface area contributed by atoms with Crippen LogP contribution in [-0.4, -0.2) is 26.8 Å². The molecule has 212 valence electrons. The molecule has 0 saturated carbocycles. The predicted molar refractivity (Wildman–Crippen MR) is 168 cm³/mol. The van der Waals surface area contributed by atoms with Crippen molar-refractivity contribution in [2.24, 2.45) is 5.10 Å². The topological polar surface area (TPSA) is 88.1 Å². The smallest absolute Gasteiger partial charge is 0.271 e. The van der Waals surface area contributed by atoms with Gasteiger partial charge in [-0.15, -0.1) is 0 Å². The number of ether oxygens (including phenoxy) is 1. The Labute approximate surface area is 246 Å². The minimum atomic E-state index is -3.54. The van der Waals surface area contributed by atoms with Gasteiger partial charge < -0.3 is 4.74 Å². The van der Waals surface area contributed by atoms with E-state index in [1.54, 1.807) is 30.5 Å². The largest absolute Gasteiger partial charge is 0.489 e. The Morgan fingerprint density at radius 3 is 2.24 bits per heavy atom. The van der Waals surface area contributed by atoms with E-state index >= 15 is 0 Å². The van der Waals surface area contributed by atoms with E-state index in [9.17, 15) is 13.2 Å². The van der Waals surface area contributed by atoms with E-state index < -0.39 is 15.9 Å². The van der Waals surface area contributed by atoms with Crippen LogP contribution in [0.2, 0.25) is 0 Å². The van der Waals surface area contributed by atoms with Gasteiger partial charge in [0.25, 0.3) is 5.91 Å². The molecule has 0 aromatic heterocycles. The monoisotopic (exact) mass is 577 g/mol. The van der Waals surface area contributed by atoms with Gasteiger partial charge in [-0.1, -0.05) is 66.7 Å². The number of carbonyl (C=O) groups excluding carboxylic acids is 1. The van der Waals surface area contributed by atoms with Crippen molar-refractivity contribution in [3.05, 3.63) is 143 Å². The van der Waals surface area contributed by atoms with Crippen molar-refractivity contribution in [2.45, 2.75) is 20.1 Å². The Kier molecular flexibility index (Phi) is 8.64. The van der Waals surface area contributed by atoms with Gasteiger partial charge in [-0.05, 0) is 88.5 Å². The minimum absolute atomic E-state index is 0.203. The minimum Gasteiger partial charge on any atom is -0.489 e. The molecule has 5 aromatic rings. The molecule has 0 aliphatic heterocycles. The number of hydrogen-bond acceptors (Lipinski definition) is 5. The van der Waals surface area contributed by atoms with Crippen molar-refractivity contribution in [2.75, 3.05) is 10.6 Å². The van der Waals surface area contributed by atoms with E-state index in [-0.39, 0.29) is 6.54 Å². The number of nitrogens with zero attached hydrogens (tertiary/aromatic N) is 2. The van der Waals surface area contributed by atoms with Crippen molar-refractivity contribution in [1.29, 1.82) is 0 Å². The lowest BCUT2D eigenvalue weighted by Gasteiger charge is -2.23. The summed E-state index contributed by atoms with van der Waals surface area (Å²) in [6.07, 6.45) is 2.72. The molecule has 0 aliphatic rings. The number of fused-ring (bicyclic) bond motifs is 1. The molecule has 0 aliphatic carbocycles. The Hall–Kier alpha value is -4.95. The van der Waals surface area contributed by atoms with Crippen molar-refractivity contribution in [3.8, 4) is 5.75 Å². The molecule has 0 fully saturated rings. The summed E-state index contributed by atoms with van der Waals surface area (Å²) in [5.41, 5.74) is 7.17. The zero-order chi connectivity index (χ0) is 29.5. The van der Waals surface area contributed by atoms with Gasteiger partial charge in [0.15, 0.2) is 0 Å². The zero-order valence-corrected chi connectivity index (χ0v) is 24.2. The van der Waals surface area contributed by atoms with Gasteiger partial charge >= 0.3 is 0 Å². The van der Waals surface area contributed by atoms with Gasteiger partial charge in [0, 0.05) is 5.56 Å². The van der Waals surface area contributed by atoms with Crippen LogP contribution in [0.25, 0.3) is 10.8 Å². The molecule has 7 nitrogen and oxygen atoms in total. The number of benzene rings is 5. The fourth-order valence-electron chi connectivity index (χ4n) is 4.58. The van der Waals surface area contributed by atoms with Crippen LogP contribution in [0.3, 0.4) is 0 Å². The maximum Gasteiger partial charge on any atom is 0.271 e. The molecule has 0 atom stereocenters. The highest BCUT2D eigenvalue weighted by Gasteiger charge is 2.19. The lowest BCUT2D eigenvalue weighted by Crippen LogP contribution is -2.29. The van der Waals surface area contributed by atoms with Crippen LogP contribution in [0.1, 0.15) is 32.6 Å². The molecule has 1 amide bonds. The van der Waals surface area contributed by atoms with Crippen LogP contribution in [-0.2, 0) is 23.2 Å². The highest BCUT2D eigenvalue weighted by atomic mass is 32.2. The van der Waals surface area contributed by atoms with Crippen molar-refractivity contribution < 1.29 is 17.9 Å². The summed E-state index contributed by atoms with van der Waals surface area (Å²) in [6.45, 7) is 2.60. The molecule has 42 heavy (non-hydrogen) atoms. The third-order valence-electron chi connectivity index (χ3n) is 6.93. The van der Waals surface area contributed by atoms with Crippen molar-refractivity contribution in [1.82, 2.24) is 5.43 Å². The quantitative estimate of drug-likeness (QED) is 0.153. The molecule has 0 radical (unpaired) electrons. The second-order valence-corrected chi connectivity index (χ2v) is 11.8. The van der Waals surface area contributed by atoms with Gasteiger partial charge in [0.1, 0.15) is 12.4 Å². The summed E-state index contributed by atoms with van der Waals surface area (Å²) in [5.74, 6) is 0.326. The molecule has 0 heterocycles. The number of carbonyl (C=O) groups is 1. The first-order valence-corrected chi connectivity index (χ1v) is 15.3. The average Bonchev–Trinajstić information content (AvgIpc) is 2.99. The van der Waals surface area contributed by atoms with Gasteiger partial charge in [-0.3, -0.25) is 9.10 Å². The molecular formula is C34H31N3O4S. The highest BCUT2D eigenvalue weighted by Crippen LogP contribution is 2.23. The summed E-state index contributed by atoms with van der Waals surface area (Å²) in [4.78, 5) is 12.6. The average molecular weight is 578 g/mol. The second kappa shape index (κ2) is 12.7. The van der Waals surface area contributed by atoms with E-state index in [1.165, 1.54) is 21.3 Å². The molecule has 8 heteroatoms. The van der Waals surface area contributed by atoms with Crippen molar-refractivity contribution >= 4 is 38.6 Å². The van der Waals surface area contributed by atoms with Gasteiger partial charge in [0.05, 0.1) is 24.7 Å². The zero-order valence-electron chi connectivity index (χ0n) is 23.4. The Balaban J connectivity index is 1.17. The number of amides is 1. The van der Waals surface area contributed by atoms with E-state index in [1.807, 2.05) is 73.7 Å². The van der Waals surface area contributed by atoms with Crippen LogP contribution in [0.5, 0.6) is 5.75 Å². The summed E-state index contributed by atoms with van der Waals surface area (Å²) < 4.78 is 32.4. The fraction of sp³-hybridized carbons (Fsp3) is 0.118. The van der Waals surface area contributed by atoms with Crippen LogP contribution < -0.4 is 14.5 Å². The predicted octanol–water partition coefficient (Wildman–Crippen LogP) is 6.46. The number of sulfonamides is 1. The van der Waals surface area contributed by atoms with E-state index in [2.05, 4.69) is 34.8 Å². The first kappa shape index (κ1) is 28.6. The van der Waals surface area contributed by atoms with Gasteiger partial charge in [-0.25, -0.2) is 13.8 Å². The summed E-state index contributed by atoms with van der Waals surface area (Å²) in [5, 5.41) is 6.41. The number of hydrazone groups is 1. The van der Waals surface area contributed by atoms with Crippen LogP contribution in [0.15, 0.2) is 120 Å². The maximum absolute atomic E-state index is 12.6. The molecule has 0 spiro atoms. The van der Waals surface area contributed by atoms with E-state index in [0.29, 0.717) is 17.9 Å². The van der Waals surface area contributed by atoms with Gasteiger partial charge in [-0.2, -0.15) is 5.10 Å². The molecule has 1 N–H and O–H groups in total. The molecule has 0 unspecified atom stereocenters. The Morgan fingerprint density at radius 1 is 0.833 bits per heavy atom. The Morgan fingerprint density at radius 2 is 1.50 bits per heavy atom. The number of nitrogens with one attached hydrogen (secondary N) is 1. The molecular weight excluding hydrogens is 546 g/mol. The van der Waals surface area contributed by atoms with E-state index in [4.69, 9.17) is 4.74 Å². The molecule has 5 rings (SSSR count). The van der Waals surface area contributed by atoms with E-state index in [0.717, 1.165) is 28.0 Å². The Bertz CT molecular complexity index is 1830. The SMILES string of the molecule is Cc1ccccc1CN(c1ccc(C(=O)N/N=C\c2ccc(OCc3cccc4ccccc34)cc2)cc1)S(C)(=O)=O. The molecule has 0 bridgehead atoms. The van der Waals surface area contributed by atoms with Crippen LogP contribution in [0, 0.1) is 6.92 Å². The summed E-state index contributed by atoms with van der Waals surface area (Å²) >= 11 is 0. The lowest BCUT2D eigenvalue weighted by molar-refractivity contribution is 0.0955. The first-order chi connectivity index (χ1) is 20.3. The fourth-order valence-corrected chi connectivity index (χ4v) is 5.46. The summed E-state index contributed by atoms with van der Waals surface area (Å²) in [7, 11) is -3.54. The van der Waals surface area contributed by atoms with Crippen LogP contribution in [0.4, 0.5) is 5.69 Å². The van der Waals surface area contributed by atoms with Gasteiger partial charge in [0.2, 0.25) is 10.0 Å². The number of anilines is 1. The standard InChI is InChI=1S/C34H31N3O4S/c1-25-8-3-4-10-29(25)23-37(42(2,39)40)31-18-16-28(17-19-31)34(38)36-35-22-26-14-20-32(21-15-26)41-24-30-12-7-11-27-9-5-6-13-33(27)30/h3-22H,23-24H2,1-2H3,(H,36,38)/b35-22-. The molecule has 0 saturated heterocycles. The van der Waals surface area contributed by atoms with Crippen molar-refractivity contribution in [3.63, 3.8) is 0 Å². The third-order valence-corrected chi connectivity index (χ3v) is 8.07. The molecule has 5 aromatic carbocycles. The number of rotatable bonds is 10. The van der Waals surface area contributed by atoms with Crippen LogP contribution >= 0.6 is 0 Å². The lowest BCUT2D eigenvalue weighted by atomic mass is 10.1. The maximum atomic E-state index is 12.6. The number of aryl methyl sites for hydroxylation is 1. The highest BCUT2D eigenvalue weighted by molar-refractivity contribution is 7.92. The second-order valence-electron chi connectivity index (χ2n) is 9.94. The summed E-state index contributed by atoms with van der Waals surface area (Å²) in [6, 6.07) is 35.9. The first-order valence-electron chi connectivity index (χ1n) is 13.4. The third kappa shape index (κ3) is 7.03. The normalized spacial score (nSPS) is 11.5.